The van der Waals surface area contributed by atoms with Crippen molar-refractivity contribution in [2.75, 3.05) is 5.32 Å². The van der Waals surface area contributed by atoms with Crippen molar-refractivity contribution in [2.45, 2.75) is 20.3 Å². The fourth-order valence-corrected chi connectivity index (χ4v) is 5.04. The first-order valence-electron chi connectivity index (χ1n) is 11.7. The van der Waals surface area contributed by atoms with Crippen LogP contribution in [-0.2, 0) is 4.79 Å². The molecule has 5 heterocycles. The van der Waals surface area contributed by atoms with Gasteiger partial charge in [0.1, 0.15) is 5.69 Å². The molecule has 0 bridgehead atoms. The van der Waals surface area contributed by atoms with Gasteiger partial charge in [-0.3, -0.25) is 14.9 Å². The molecular weight excluding hydrogens is 470 g/mol. The number of thiophene rings is 1. The predicted octanol–water partition coefficient (Wildman–Crippen LogP) is 6.28. The average Bonchev–Trinajstić information content (AvgIpc) is 3.62. The second kappa shape index (κ2) is 9.01. The molecule has 1 aromatic carbocycles. The highest BCUT2D eigenvalue weighted by Crippen LogP contribution is 2.34. The van der Waals surface area contributed by atoms with E-state index in [2.05, 4.69) is 48.0 Å². The van der Waals surface area contributed by atoms with E-state index in [1.54, 1.807) is 29.9 Å². The molecule has 0 saturated heterocycles. The van der Waals surface area contributed by atoms with Crippen molar-refractivity contribution >= 4 is 45.0 Å². The Bertz CT molecular complexity index is 1700. The van der Waals surface area contributed by atoms with Crippen LogP contribution in [0.3, 0.4) is 0 Å². The molecule has 0 unspecified atom stereocenters. The zero-order valence-electron chi connectivity index (χ0n) is 19.7. The minimum Gasteiger partial charge on any atom is -0.335 e. The topological polar surface area (TPSA) is 112 Å². The molecule has 0 fully saturated rings. The van der Waals surface area contributed by atoms with E-state index in [9.17, 15) is 4.79 Å². The average molecular weight is 494 g/mol. The molecule has 0 aliphatic carbocycles. The lowest BCUT2D eigenvalue weighted by molar-refractivity contribution is -0.116. The van der Waals surface area contributed by atoms with Crippen molar-refractivity contribution in [3.05, 3.63) is 66.4 Å². The van der Waals surface area contributed by atoms with Crippen LogP contribution in [0, 0.1) is 5.92 Å². The number of nitrogens with zero attached hydrogens (tertiary/aromatic N) is 4. The Hall–Kier alpha value is -4.37. The Morgan fingerprint density at radius 2 is 2.03 bits per heavy atom. The molecule has 0 atom stereocenters. The number of aromatic nitrogens is 6. The van der Waals surface area contributed by atoms with E-state index in [0.29, 0.717) is 23.6 Å². The Balaban J connectivity index is 1.38. The van der Waals surface area contributed by atoms with Gasteiger partial charge in [0.25, 0.3) is 0 Å². The summed E-state index contributed by atoms with van der Waals surface area (Å²) >= 11 is 1.68. The van der Waals surface area contributed by atoms with Gasteiger partial charge in [-0.25, -0.2) is 9.97 Å². The summed E-state index contributed by atoms with van der Waals surface area (Å²) in [4.78, 5) is 30.4. The van der Waals surface area contributed by atoms with Crippen molar-refractivity contribution < 1.29 is 4.79 Å². The second-order valence-corrected chi connectivity index (χ2v) is 10.0. The molecule has 1 amide bonds. The lowest BCUT2D eigenvalue weighted by atomic mass is 10.0. The summed E-state index contributed by atoms with van der Waals surface area (Å²) in [7, 11) is 0. The van der Waals surface area contributed by atoms with Crippen LogP contribution in [-0.4, -0.2) is 36.0 Å². The number of hydrogen-bond acceptors (Lipinski definition) is 6. The predicted molar refractivity (Wildman–Crippen MR) is 144 cm³/mol. The number of aromatic amines is 2. The van der Waals surface area contributed by atoms with Crippen LogP contribution in [0.2, 0.25) is 0 Å². The number of benzene rings is 1. The van der Waals surface area contributed by atoms with E-state index in [0.717, 1.165) is 43.7 Å². The smallest absolute Gasteiger partial charge is 0.224 e. The number of carbonyl (C=O) groups is 1. The fourth-order valence-electron chi connectivity index (χ4n) is 4.28. The minimum absolute atomic E-state index is 0.0167. The molecule has 3 N–H and O–H groups in total. The van der Waals surface area contributed by atoms with Crippen molar-refractivity contribution in [1.29, 1.82) is 0 Å². The highest BCUT2D eigenvalue weighted by molar-refractivity contribution is 7.13. The number of rotatable bonds is 6. The maximum atomic E-state index is 12.2. The Morgan fingerprint density at radius 1 is 1.11 bits per heavy atom. The lowest BCUT2D eigenvalue weighted by Crippen LogP contribution is -2.13. The van der Waals surface area contributed by atoms with E-state index < -0.39 is 0 Å². The number of hydrogen-bond donors (Lipinski definition) is 3. The summed E-state index contributed by atoms with van der Waals surface area (Å²) in [5.41, 5.74) is 6.76. The van der Waals surface area contributed by atoms with Crippen LogP contribution in [0.4, 0.5) is 5.69 Å². The van der Waals surface area contributed by atoms with Crippen LogP contribution >= 0.6 is 11.3 Å². The molecular formula is C27H23N7OS. The van der Waals surface area contributed by atoms with E-state index in [-0.39, 0.29) is 11.8 Å². The first kappa shape index (κ1) is 22.1. The molecule has 36 heavy (non-hydrogen) atoms. The third kappa shape index (κ3) is 4.14. The van der Waals surface area contributed by atoms with E-state index >= 15 is 0 Å². The molecule has 8 nitrogen and oxygen atoms in total. The summed E-state index contributed by atoms with van der Waals surface area (Å²) in [6.45, 7) is 4.04. The van der Waals surface area contributed by atoms with Gasteiger partial charge in [-0.1, -0.05) is 26.0 Å². The van der Waals surface area contributed by atoms with E-state index in [1.165, 1.54) is 0 Å². The largest absolute Gasteiger partial charge is 0.335 e. The van der Waals surface area contributed by atoms with Crippen molar-refractivity contribution in [3.8, 4) is 33.1 Å². The number of carbonyl (C=O) groups excluding carboxylic acids is 1. The maximum Gasteiger partial charge on any atom is 0.224 e. The van der Waals surface area contributed by atoms with Crippen LogP contribution < -0.4 is 5.32 Å². The molecule has 0 aliphatic heterocycles. The normalized spacial score (nSPS) is 11.5. The summed E-state index contributed by atoms with van der Waals surface area (Å²) < 4.78 is 0. The SMILES string of the molecule is CC(C)CC(=O)Nc1cncc(-c2ccc3[nH]nc(-c4nc5nccc(-c6cccs6)c5[nH]4)c3c2)c1. The number of imidazole rings is 1. The van der Waals surface area contributed by atoms with Gasteiger partial charge < -0.3 is 10.3 Å². The van der Waals surface area contributed by atoms with Gasteiger partial charge in [0.05, 0.1) is 22.9 Å². The molecule has 9 heteroatoms. The number of fused-ring (bicyclic) bond motifs is 2. The third-order valence-electron chi connectivity index (χ3n) is 5.91. The highest BCUT2D eigenvalue weighted by atomic mass is 32.1. The van der Waals surface area contributed by atoms with Crippen LogP contribution in [0.5, 0.6) is 0 Å². The summed E-state index contributed by atoms with van der Waals surface area (Å²) in [6, 6.07) is 14.1. The first-order valence-corrected chi connectivity index (χ1v) is 12.6. The molecule has 178 valence electrons. The zero-order valence-corrected chi connectivity index (χ0v) is 20.6. The Labute approximate surface area is 210 Å². The Morgan fingerprint density at radius 3 is 2.86 bits per heavy atom. The minimum atomic E-state index is -0.0167. The van der Waals surface area contributed by atoms with Crippen LogP contribution in [0.25, 0.3) is 55.2 Å². The van der Waals surface area contributed by atoms with Gasteiger partial charge in [0.2, 0.25) is 5.91 Å². The summed E-state index contributed by atoms with van der Waals surface area (Å²) in [5, 5.41) is 13.6. The molecule has 0 radical (unpaired) electrons. The monoisotopic (exact) mass is 493 g/mol. The Kier molecular flexibility index (Phi) is 5.54. The number of nitrogens with one attached hydrogen (secondary N) is 3. The standard InChI is InChI=1S/C27H23N7OS/c1-15(2)10-23(35)30-18-11-17(13-28-14-18)16-5-6-21-20(12-16)25(34-33-21)27-31-24-19(22-4-3-9-36-22)7-8-29-26(24)32-27/h3-9,11-15H,10H2,1-2H3,(H,30,35)(H,33,34)(H,29,31,32). The van der Waals surface area contributed by atoms with Crippen molar-refractivity contribution in [1.82, 2.24) is 30.1 Å². The van der Waals surface area contributed by atoms with Crippen molar-refractivity contribution in [3.63, 3.8) is 0 Å². The van der Waals surface area contributed by atoms with Gasteiger partial charge >= 0.3 is 0 Å². The molecule has 0 saturated carbocycles. The van der Waals surface area contributed by atoms with Gasteiger partial charge in [-0.15, -0.1) is 11.3 Å². The van der Waals surface area contributed by atoms with Gasteiger partial charge in [0.15, 0.2) is 11.5 Å². The van der Waals surface area contributed by atoms with Gasteiger partial charge in [-0.2, -0.15) is 5.10 Å². The first-order chi connectivity index (χ1) is 17.5. The second-order valence-electron chi connectivity index (χ2n) is 9.06. The lowest BCUT2D eigenvalue weighted by Gasteiger charge is -2.09. The quantitative estimate of drug-likeness (QED) is 0.253. The number of H-pyrrole nitrogens is 2. The van der Waals surface area contributed by atoms with E-state index in [1.807, 2.05) is 44.2 Å². The molecule has 0 spiro atoms. The van der Waals surface area contributed by atoms with Crippen molar-refractivity contribution in [2.24, 2.45) is 5.92 Å². The summed E-state index contributed by atoms with van der Waals surface area (Å²) in [5.74, 6) is 0.924. The third-order valence-corrected chi connectivity index (χ3v) is 6.82. The number of amides is 1. The zero-order chi connectivity index (χ0) is 24.6. The highest BCUT2D eigenvalue weighted by Gasteiger charge is 2.17. The summed E-state index contributed by atoms with van der Waals surface area (Å²) in [6.07, 6.45) is 5.70. The molecule has 0 aliphatic rings. The molecule has 6 aromatic rings. The fraction of sp³-hybridized carbons (Fsp3) is 0.148. The van der Waals surface area contributed by atoms with E-state index in [4.69, 9.17) is 4.98 Å². The van der Waals surface area contributed by atoms with Gasteiger partial charge in [0, 0.05) is 40.2 Å². The number of pyridine rings is 2. The molecule has 5 aromatic heterocycles. The van der Waals surface area contributed by atoms with Gasteiger partial charge in [-0.05, 0) is 47.2 Å². The maximum absolute atomic E-state index is 12.2. The van der Waals surface area contributed by atoms with Crippen LogP contribution in [0.15, 0.2) is 66.4 Å². The number of anilines is 1. The molecule has 6 rings (SSSR count). The van der Waals surface area contributed by atoms with Crippen LogP contribution in [0.1, 0.15) is 20.3 Å².